The van der Waals surface area contributed by atoms with Crippen molar-refractivity contribution in [2.75, 3.05) is 26.2 Å². The molecular weight excluding hydrogens is 380 g/mol. The van der Waals surface area contributed by atoms with Crippen LogP contribution in [0.5, 0.6) is 0 Å². The molecule has 0 bridgehead atoms. The Labute approximate surface area is 178 Å². The van der Waals surface area contributed by atoms with Crippen molar-refractivity contribution in [2.45, 2.75) is 64.8 Å². The first-order valence-electron chi connectivity index (χ1n) is 11.2. The molecule has 0 amide bonds. The molecule has 0 saturated carbocycles. The summed E-state index contributed by atoms with van der Waals surface area (Å²) in [5.41, 5.74) is 1.38. The van der Waals surface area contributed by atoms with Crippen LogP contribution in [0.1, 0.15) is 61.2 Å². The van der Waals surface area contributed by atoms with Gasteiger partial charge in [0.1, 0.15) is 0 Å². The normalized spacial score (nSPS) is 22.6. The highest BCUT2D eigenvalue weighted by Gasteiger charge is 2.28. The first-order valence-corrected chi connectivity index (χ1v) is 12.0. The third kappa shape index (κ3) is 5.00. The lowest BCUT2D eigenvalue weighted by molar-refractivity contribution is 0.189. The van der Waals surface area contributed by atoms with Crippen molar-refractivity contribution in [2.24, 2.45) is 10.9 Å². The summed E-state index contributed by atoms with van der Waals surface area (Å²) in [6.45, 7) is 8.31. The van der Waals surface area contributed by atoms with Crippen molar-refractivity contribution < 1.29 is 0 Å². The van der Waals surface area contributed by atoms with Crippen molar-refractivity contribution in [3.8, 4) is 0 Å². The number of nitrogens with one attached hydrogen (secondary N) is 1. The number of aliphatic imine (C=N–C) groups is 1. The highest BCUT2D eigenvalue weighted by atomic mass is 32.1. The molecule has 2 aliphatic rings. The minimum Gasteiger partial charge on any atom is -0.357 e. The van der Waals surface area contributed by atoms with E-state index in [-0.39, 0.29) is 0 Å². The van der Waals surface area contributed by atoms with Gasteiger partial charge in [0, 0.05) is 49.9 Å². The van der Waals surface area contributed by atoms with Gasteiger partial charge in [-0.1, -0.05) is 6.92 Å². The van der Waals surface area contributed by atoms with Gasteiger partial charge in [-0.25, -0.2) is 9.97 Å². The van der Waals surface area contributed by atoms with Gasteiger partial charge in [-0.15, -0.1) is 11.3 Å². The maximum absolute atomic E-state index is 4.96. The van der Waals surface area contributed by atoms with Gasteiger partial charge < -0.3 is 14.8 Å². The van der Waals surface area contributed by atoms with E-state index in [0.29, 0.717) is 12.0 Å². The smallest absolute Gasteiger partial charge is 0.193 e. The Bertz CT molecular complexity index is 773. The van der Waals surface area contributed by atoms with E-state index in [9.17, 15) is 0 Å². The van der Waals surface area contributed by atoms with Crippen molar-refractivity contribution in [1.82, 2.24) is 24.8 Å². The van der Waals surface area contributed by atoms with E-state index in [1.807, 2.05) is 23.9 Å². The average molecular weight is 415 g/mol. The van der Waals surface area contributed by atoms with E-state index in [1.165, 1.54) is 47.7 Å². The second-order valence-electron chi connectivity index (χ2n) is 8.31. The minimum atomic E-state index is 0.455. The van der Waals surface area contributed by atoms with E-state index in [4.69, 9.17) is 9.98 Å². The number of fused-ring (bicyclic) bond motifs is 1. The summed E-state index contributed by atoms with van der Waals surface area (Å²) in [5.74, 6) is 1.71. The summed E-state index contributed by atoms with van der Waals surface area (Å²) in [6, 6.07) is 0.455. The van der Waals surface area contributed by atoms with Gasteiger partial charge >= 0.3 is 0 Å². The molecule has 0 aromatic carbocycles. The molecule has 1 aliphatic carbocycles. The molecule has 1 saturated heterocycles. The molecule has 2 atom stereocenters. The van der Waals surface area contributed by atoms with Gasteiger partial charge in [0.15, 0.2) is 5.96 Å². The number of nitrogens with zero attached hydrogens (tertiary/aromatic N) is 5. The molecule has 1 aliphatic heterocycles. The summed E-state index contributed by atoms with van der Waals surface area (Å²) >= 11 is 1.94. The maximum Gasteiger partial charge on any atom is 0.193 e. The molecular formula is C22H34N6S. The van der Waals surface area contributed by atoms with Gasteiger partial charge in [-0.05, 0) is 51.4 Å². The van der Waals surface area contributed by atoms with Crippen LogP contribution in [0.2, 0.25) is 0 Å². The Hall–Kier alpha value is -1.89. The van der Waals surface area contributed by atoms with E-state index in [2.05, 4.69) is 39.8 Å². The Morgan fingerprint density at radius 3 is 3.03 bits per heavy atom. The number of thiazole rings is 1. The first kappa shape index (κ1) is 20.4. The van der Waals surface area contributed by atoms with Gasteiger partial charge in [-0.3, -0.25) is 4.99 Å². The predicted octanol–water partition coefficient (Wildman–Crippen LogP) is 3.70. The molecule has 7 heteroatoms. The first-order chi connectivity index (χ1) is 14.2. The second kappa shape index (κ2) is 9.74. The molecule has 1 fully saturated rings. The summed E-state index contributed by atoms with van der Waals surface area (Å²) in [4.78, 5) is 18.0. The van der Waals surface area contributed by atoms with E-state index in [0.717, 1.165) is 45.0 Å². The molecule has 0 radical (unpaired) electrons. The molecule has 6 nitrogen and oxygen atoms in total. The van der Waals surface area contributed by atoms with Gasteiger partial charge in [0.2, 0.25) is 0 Å². The average Bonchev–Trinajstić information content (AvgIpc) is 3.40. The lowest BCUT2D eigenvalue weighted by Crippen LogP contribution is -2.49. The maximum atomic E-state index is 4.96. The Kier molecular flexibility index (Phi) is 6.85. The Balaban J connectivity index is 1.34. The second-order valence-corrected chi connectivity index (χ2v) is 9.48. The SMILES string of the molecule is CCNC(=NCCCc1nc2c(s1)CCCC2)N1CCC(C)C(n2ccnc2)C1. The molecule has 2 aromatic heterocycles. The van der Waals surface area contributed by atoms with Crippen LogP contribution < -0.4 is 5.32 Å². The molecule has 1 N–H and O–H groups in total. The highest BCUT2D eigenvalue weighted by molar-refractivity contribution is 7.11. The van der Waals surface area contributed by atoms with Crippen LogP contribution in [-0.4, -0.2) is 51.6 Å². The van der Waals surface area contributed by atoms with Crippen molar-refractivity contribution in [1.29, 1.82) is 0 Å². The van der Waals surface area contributed by atoms with E-state index in [1.54, 1.807) is 0 Å². The topological polar surface area (TPSA) is 58.3 Å². The van der Waals surface area contributed by atoms with Crippen LogP contribution in [-0.2, 0) is 19.3 Å². The molecule has 29 heavy (non-hydrogen) atoms. The third-order valence-corrected chi connectivity index (χ3v) is 7.38. The summed E-state index contributed by atoms with van der Waals surface area (Å²) < 4.78 is 2.25. The number of aryl methyl sites for hydroxylation is 3. The summed E-state index contributed by atoms with van der Waals surface area (Å²) in [5, 5.41) is 4.82. The number of imidazole rings is 1. The van der Waals surface area contributed by atoms with Crippen LogP contribution in [0.3, 0.4) is 0 Å². The fraction of sp³-hybridized carbons (Fsp3) is 0.682. The number of aromatic nitrogens is 3. The lowest BCUT2D eigenvalue weighted by Gasteiger charge is -2.39. The van der Waals surface area contributed by atoms with Crippen molar-refractivity contribution >= 4 is 17.3 Å². The summed E-state index contributed by atoms with van der Waals surface area (Å²) in [6.07, 6.45) is 14.3. The number of rotatable bonds is 6. The fourth-order valence-corrected chi connectivity index (χ4v) is 5.65. The number of hydrogen-bond acceptors (Lipinski definition) is 4. The molecule has 3 heterocycles. The Morgan fingerprint density at radius 1 is 1.34 bits per heavy atom. The molecule has 2 unspecified atom stereocenters. The zero-order valence-corrected chi connectivity index (χ0v) is 18.6. The van der Waals surface area contributed by atoms with E-state index >= 15 is 0 Å². The quantitative estimate of drug-likeness (QED) is 0.445. The standard InChI is InChI=1S/C22H34N6S/c1-3-24-22(27-13-10-17(2)19(15-27)28-14-12-23-16-28)25-11-6-9-21-26-18-7-4-5-8-20(18)29-21/h12,14,16-17,19H,3-11,13,15H2,1-2H3,(H,24,25). The van der Waals surface area contributed by atoms with Crippen LogP contribution >= 0.6 is 11.3 Å². The van der Waals surface area contributed by atoms with Crippen LogP contribution in [0, 0.1) is 5.92 Å². The number of piperidine rings is 1. The van der Waals surface area contributed by atoms with Gasteiger partial charge in [0.05, 0.1) is 23.1 Å². The highest BCUT2D eigenvalue weighted by Crippen LogP contribution is 2.28. The van der Waals surface area contributed by atoms with Crippen LogP contribution in [0.4, 0.5) is 0 Å². The molecule has 158 valence electrons. The van der Waals surface area contributed by atoms with Crippen molar-refractivity contribution in [3.05, 3.63) is 34.3 Å². The van der Waals surface area contributed by atoms with Crippen molar-refractivity contribution in [3.63, 3.8) is 0 Å². The van der Waals surface area contributed by atoms with Crippen LogP contribution in [0.25, 0.3) is 0 Å². The zero-order valence-electron chi connectivity index (χ0n) is 17.8. The number of guanidine groups is 1. The monoisotopic (exact) mass is 414 g/mol. The van der Waals surface area contributed by atoms with Gasteiger partial charge in [0.25, 0.3) is 0 Å². The molecule has 2 aromatic rings. The summed E-state index contributed by atoms with van der Waals surface area (Å²) in [7, 11) is 0. The predicted molar refractivity (Wildman–Crippen MR) is 120 cm³/mol. The number of hydrogen-bond donors (Lipinski definition) is 1. The van der Waals surface area contributed by atoms with Crippen LogP contribution in [0.15, 0.2) is 23.7 Å². The molecule has 4 rings (SSSR count). The Morgan fingerprint density at radius 2 is 2.24 bits per heavy atom. The molecule has 0 spiro atoms. The van der Waals surface area contributed by atoms with E-state index < -0.39 is 0 Å². The zero-order chi connectivity index (χ0) is 20.1. The third-order valence-electron chi connectivity index (χ3n) is 6.16. The van der Waals surface area contributed by atoms with Gasteiger partial charge in [-0.2, -0.15) is 0 Å². The minimum absolute atomic E-state index is 0.455. The lowest BCUT2D eigenvalue weighted by atomic mass is 9.93. The number of likely N-dealkylation sites (tertiary alicyclic amines) is 1. The largest absolute Gasteiger partial charge is 0.357 e. The fourth-order valence-electron chi connectivity index (χ4n) is 4.45.